The topological polar surface area (TPSA) is 102 Å². The zero-order chi connectivity index (χ0) is 21.2. The Bertz CT molecular complexity index is 1130. The van der Waals surface area contributed by atoms with E-state index in [-0.39, 0.29) is 13.1 Å². The Balaban J connectivity index is 1.57. The fourth-order valence-electron chi connectivity index (χ4n) is 2.62. The molecule has 0 atom stereocenters. The summed E-state index contributed by atoms with van der Waals surface area (Å²) < 4.78 is 54.7. The van der Waals surface area contributed by atoms with Crippen LogP contribution < -0.4 is 10.0 Å². The van der Waals surface area contributed by atoms with Crippen molar-refractivity contribution in [3.63, 3.8) is 0 Å². The van der Waals surface area contributed by atoms with E-state index in [2.05, 4.69) is 25.3 Å². The number of hydrogen-bond acceptors (Lipinski definition) is 6. The zero-order valence-electron chi connectivity index (χ0n) is 16.1. The molecule has 3 aromatic rings. The Kier molecular flexibility index (Phi) is 5.89. The third-order valence-corrected chi connectivity index (χ3v) is 5.92. The molecule has 1 aromatic carbocycles. The first kappa shape index (κ1) is 20.8. The molecular weight excluding hydrogens is 402 g/mol. The predicted molar refractivity (Wildman–Crippen MR) is 103 cm³/mol. The minimum absolute atomic E-state index is 0.0285. The first-order valence-corrected chi connectivity index (χ1v) is 10.2. The lowest BCUT2D eigenvalue weighted by Gasteiger charge is -2.09. The molecule has 0 aliphatic heterocycles. The van der Waals surface area contributed by atoms with Crippen molar-refractivity contribution in [2.24, 2.45) is 0 Å². The van der Waals surface area contributed by atoms with E-state index in [1.54, 1.807) is 16.8 Å². The SMILES string of the molecule is Cc1nn(-c2ccc(NCCNS(=O)(=O)c3ccc(F)cc3F)nn2)c(C)c1C. The van der Waals surface area contributed by atoms with Gasteiger partial charge in [0.15, 0.2) is 5.82 Å². The highest BCUT2D eigenvalue weighted by molar-refractivity contribution is 7.89. The van der Waals surface area contributed by atoms with E-state index < -0.39 is 26.6 Å². The summed E-state index contributed by atoms with van der Waals surface area (Å²) in [6, 6.07) is 5.73. The Morgan fingerprint density at radius 3 is 2.38 bits per heavy atom. The van der Waals surface area contributed by atoms with Crippen molar-refractivity contribution < 1.29 is 17.2 Å². The summed E-state index contributed by atoms with van der Waals surface area (Å²) in [5.74, 6) is -0.983. The normalized spacial score (nSPS) is 11.6. The zero-order valence-corrected chi connectivity index (χ0v) is 16.9. The van der Waals surface area contributed by atoms with Crippen molar-refractivity contribution in [2.75, 3.05) is 18.4 Å². The van der Waals surface area contributed by atoms with E-state index >= 15 is 0 Å². The minimum Gasteiger partial charge on any atom is -0.367 e. The average molecular weight is 422 g/mol. The molecule has 0 aliphatic carbocycles. The molecule has 0 fully saturated rings. The molecule has 0 bridgehead atoms. The molecule has 2 aromatic heterocycles. The largest absolute Gasteiger partial charge is 0.367 e. The van der Waals surface area contributed by atoms with Gasteiger partial charge in [-0.25, -0.2) is 26.6 Å². The maximum atomic E-state index is 13.7. The van der Waals surface area contributed by atoms with E-state index in [1.807, 2.05) is 20.8 Å². The molecule has 2 heterocycles. The number of benzene rings is 1. The van der Waals surface area contributed by atoms with Crippen LogP contribution in [0.1, 0.15) is 17.0 Å². The van der Waals surface area contributed by atoms with Gasteiger partial charge in [-0.15, -0.1) is 10.2 Å². The molecule has 0 unspecified atom stereocenters. The lowest BCUT2D eigenvalue weighted by atomic mass is 10.2. The van der Waals surface area contributed by atoms with Crippen molar-refractivity contribution in [2.45, 2.75) is 25.7 Å². The average Bonchev–Trinajstić information content (AvgIpc) is 2.93. The third-order valence-electron chi connectivity index (χ3n) is 4.43. The van der Waals surface area contributed by atoms with Gasteiger partial charge in [-0.3, -0.25) is 0 Å². The van der Waals surface area contributed by atoms with Crippen LogP contribution in [-0.2, 0) is 10.0 Å². The number of aryl methyl sites for hydroxylation is 1. The molecule has 0 amide bonds. The van der Waals surface area contributed by atoms with Gasteiger partial charge in [0.25, 0.3) is 0 Å². The fraction of sp³-hybridized carbons (Fsp3) is 0.278. The van der Waals surface area contributed by atoms with E-state index in [1.165, 1.54) is 0 Å². The summed E-state index contributed by atoms with van der Waals surface area (Å²) in [7, 11) is -4.09. The Morgan fingerprint density at radius 1 is 1.03 bits per heavy atom. The Morgan fingerprint density at radius 2 is 1.79 bits per heavy atom. The van der Waals surface area contributed by atoms with Crippen LogP contribution >= 0.6 is 0 Å². The molecule has 0 saturated heterocycles. The van der Waals surface area contributed by atoms with Crippen LogP contribution in [0.25, 0.3) is 5.82 Å². The second-order valence-corrected chi connectivity index (χ2v) is 8.12. The molecule has 8 nitrogen and oxygen atoms in total. The first-order chi connectivity index (χ1) is 13.7. The van der Waals surface area contributed by atoms with Crippen molar-refractivity contribution in [3.8, 4) is 5.82 Å². The molecule has 2 N–H and O–H groups in total. The lowest BCUT2D eigenvalue weighted by molar-refractivity contribution is 0.543. The van der Waals surface area contributed by atoms with Gasteiger partial charge in [0.2, 0.25) is 10.0 Å². The van der Waals surface area contributed by atoms with Crippen LogP contribution in [0.5, 0.6) is 0 Å². The fourth-order valence-corrected chi connectivity index (χ4v) is 3.71. The molecule has 154 valence electrons. The lowest BCUT2D eigenvalue weighted by Crippen LogP contribution is -2.29. The maximum absolute atomic E-state index is 13.7. The molecule has 0 saturated carbocycles. The summed E-state index contributed by atoms with van der Waals surface area (Å²) in [5.41, 5.74) is 2.97. The second-order valence-electron chi connectivity index (χ2n) is 6.38. The highest BCUT2D eigenvalue weighted by Gasteiger charge is 2.19. The van der Waals surface area contributed by atoms with Gasteiger partial charge < -0.3 is 5.32 Å². The Labute approximate surface area is 167 Å². The number of nitrogens with one attached hydrogen (secondary N) is 2. The number of anilines is 1. The summed E-state index contributed by atoms with van der Waals surface area (Å²) >= 11 is 0. The van der Waals surface area contributed by atoms with E-state index in [4.69, 9.17) is 0 Å². The highest BCUT2D eigenvalue weighted by atomic mass is 32.2. The van der Waals surface area contributed by atoms with Crippen molar-refractivity contribution in [3.05, 3.63) is 58.9 Å². The molecule has 29 heavy (non-hydrogen) atoms. The van der Waals surface area contributed by atoms with Crippen LogP contribution in [-0.4, -0.2) is 41.5 Å². The maximum Gasteiger partial charge on any atom is 0.243 e. The van der Waals surface area contributed by atoms with E-state index in [9.17, 15) is 17.2 Å². The van der Waals surface area contributed by atoms with Crippen LogP contribution in [0, 0.1) is 32.4 Å². The Hall–Kier alpha value is -2.92. The molecular formula is C18H20F2N6O2S. The minimum atomic E-state index is -4.09. The summed E-state index contributed by atoms with van der Waals surface area (Å²) in [6.45, 7) is 6.00. The third kappa shape index (κ3) is 4.57. The van der Waals surface area contributed by atoms with Crippen molar-refractivity contribution in [1.29, 1.82) is 0 Å². The summed E-state index contributed by atoms with van der Waals surface area (Å²) in [4.78, 5) is -0.608. The van der Waals surface area contributed by atoms with Crippen molar-refractivity contribution >= 4 is 15.8 Å². The van der Waals surface area contributed by atoms with E-state index in [0.29, 0.717) is 17.7 Å². The smallest absolute Gasteiger partial charge is 0.243 e. The monoisotopic (exact) mass is 422 g/mol. The molecule has 3 rings (SSSR count). The summed E-state index contributed by atoms with van der Waals surface area (Å²) in [5, 5.41) is 15.5. The first-order valence-electron chi connectivity index (χ1n) is 8.74. The number of sulfonamides is 1. The van der Waals surface area contributed by atoms with Gasteiger partial charge in [-0.2, -0.15) is 5.10 Å². The van der Waals surface area contributed by atoms with Gasteiger partial charge in [0.05, 0.1) is 5.69 Å². The predicted octanol–water partition coefficient (Wildman–Crippen LogP) is 2.26. The van der Waals surface area contributed by atoms with Crippen LogP contribution in [0.4, 0.5) is 14.6 Å². The molecule has 0 spiro atoms. The van der Waals surface area contributed by atoms with E-state index in [0.717, 1.165) is 29.1 Å². The quantitative estimate of drug-likeness (QED) is 0.567. The number of aromatic nitrogens is 4. The molecule has 11 heteroatoms. The summed E-state index contributed by atoms with van der Waals surface area (Å²) in [6.07, 6.45) is 0. The van der Waals surface area contributed by atoms with Gasteiger partial charge in [-0.1, -0.05) is 0 Å². The molecule has 0 radical (unpaired) electrons. The van der Waals surface area contributed by atoms with Gasteiger partial charge in [0.1, 0.15) is 22.3 Å². The van der Waals surface area contributed by atoms with Gasteiger partial charge in [0, 0.05) is 24.8 Å². The standard InChI is InChI=1S/C18H20F2N6O2S/c1-11-12(2)25-26(13(11)3)18-7-6-17(23-24-18)21-8-9-22-29(27,28)16-5-4-14(19)10-15(16)20/h4-7,10,22H,8-9H2,1-3H3,(H,21,23). The molecule has 0 aliphatic rings. The highest BCUT2D eigenvalue weighted by Crippen LogP contribution is 2.16. The number of halogens is 2. The van der Waals surface area contributed by atoms with Crippen LogP contribution in [0.2, 0.25) is 0 Å². The number of hydrogen-bond donors (Lipinski definition) is 2. The van der Waals surface area contributed by atoms with Gasteiger partial charge >= 0.3 is 0 Å². The van der Waals surface area contributed by atoms with Crippen molar-refractivity contribution in [1.82, 2.24) is 24.7 Å². The van der Waals surface area contributed by atoms with Gasteiger partial charge in [-0.05, 0) is 50.6 Å². The van der Waals surface area contributed by atoms with Crippen LogP contribution in [0.3, 0.4) is 0 Å². The van der Waals surface area contributed by atoms with Crippen LogP contribution in [0.15, 0.2) is 35.2 Å². The number of nitrogens with zero attached hydrogens (tertiary/aromatic N) is 4. The number of rotatable bonds is 7. The second kappa shape index (κ2) is 8.21.